The van der Waals surface area contributed by atoms with Crippen LogP contribution in [0.2, 0.25) is 0 Å². The number of benzene rings is 7. The lowest BCUT2D eigenvalue weighted by Crippen LogP contribution is -1.91. The van der Waals surface area contributed by atoms with Crippen molar-refractivity contribution in [3.05, 3.63) is 134 Å². The molecule has 0 N–H and O–H groups in total. The molecular formula is C41H22N4. The summed E-state index contributed by atoms with van der Waals surface area (Å²) in [5, 5.41) is 15.3. The minimum atomic E-state index is 0.935. The lowest BCUT2D eigenvalue weighted by Gasteiger charge is -2.10. The monoisotopic (exact) mass is 570 g/mol. The van der Waals surface area contributed by atoms with Crippen LogP contribution < -0.4 is 0 Å². The van der Waals surface area contributed by atoms with Gasteiger partial charge in [-0.25, -0.2) is 4.98 Å². The number of fused-ring (bicyclic) bond motifs is 19. The fourth-order valence-electron chi connectivity index (χ4n) is 8.67. The smallest absolute Gasteiger partial charge is 0.182 e. The maximum absolute atomic E-state index is 5.48. The van der Waals surface area contributed by atoms with Crippen LogP contribution in [0.4, 0.5) is 0 Å². The van der Waals surface area contributed by atoms with Gasteiger partial charge in [0.05, 0.1) is 22.1 Å². The molecule has 206 valence electrons. The molecule has 0 aliphatic carbocycles. The zero-order valence-corrected chi connectivity index (χ0v) is 24.0. The van der Waals surface area contributed by atoms with Crippen molar-refractivity contribution in [1.29, 1.82) is 0 Å². The quantitative estimate of drug-likeness (QED) is 0.167. The van der Waals surface area contributed by atoms with E-state index in [4.69, 9.17) is 4.98 Å². The van der Waals surface area contributed by atoms with E-state index in [1.165, 1.54) is 86.7 Å². The van der Waals surface area contributed by atoms with Gasteiger partial charge in [0.2, 0.25) is 0 Å². The van der Waals surface area contributed by atoms with Crippen LogP contribution in [0, 0.1) is 0 Å². The molecule has 0 fully saturated rings. The van der Waals surface area contributed by atoms with Gasteiger partial charge < -0.3 is 0 Å². The van der Waals surface area contributed by atoms with E-state index in [0.29, 0.717) is 0 Å². The van der Waals surface area contributed by atoms with Crippen molar-refractivity contribution in [3.8, 4) is 0 Å². The van der Waals surface area contributed by atoms with E-state index in [0.717, 1.165) is 16.9 Å². The van der Waals surface area contributed by atoms with Crippen LogP contribution >= 0.6 is 0 Å². The number of hydrogen-bond acceptors (Lipinski definition) is 1. The van der Waals surface area contributed by atoms with E-state index in [2.05, 4.69) is 147 Å². The van der Waals surface area contributed by atoms with Crippen molar-refractivity contribution < 1.29 is 0 Å². The molecule has 0 unspecified atom stereocenters. The number of nitrogens with zero attached hydrogens (tertiary/aromatic N) is 4. The largest absolute Gasteiger partial charge is 0.291 e. The average Bonchev–Trinajstić information content (AvgIpc) is 3.74. The Kier molecular flexibility index (Phi) is 3.73. The van der Waals surface area contributed by atoms with Gasteiger partial charge in [-0.2, -0.15) is 0 Å². The first-order valence-corrected chi connectivity index (χ1v) is 15.5. The van der Waals surface area contributed by atoms with E-state index >= 15 is 0 Å². The summed E-state index contributed by atoms with van der Waals surface area (Å²) in [6, 6.07) is 46.6. The van der Waals surface area contributed by atoms with E-state index in [1.807, 2.05) is 0 Å². The Balaban J connectivity index is 1.62. The Bertz CT molecular complexity index is 3260. The van der Waals surface area contributed by atoms with Crippen LogP contribution in [0.15, 0.2) is 134 Å². The summed E-state index contributed by atoms with van der Waals surface area (Å²) in [5.41, 5.74) is 7.85. The van der Waals surface area contributed by atoms with Gasteiger partial charge in [-0.15, -0.1) is 0 Å². The Morgan fingerprint density at radius 2 is 0.889 bits per heavy atom. The van der Waals surface area contributed by atoms with Gasteiger partial charge >= 0.3 is 0 Å². The van der Waals surface area contributed by atoms with Crippen LogP contribution in [0.1, 0.15) is 0 Å². The molecule has 45 heavy (non-hydrogen) atoms. The van der Waals surface area contributed by atoms with Crippen molar-refractivity contribution in [1.82, 2.24) is 18.2 Å². The predicted octanol–water partition coefficient (Wildman–Crippen LogP) is 10.5. The molecule has 5 heterocycles. The summed E-state index contributed by atoms with van der Waals surface area (Å²) in [6.45, 7) is 0. The summed E-state index contributed by atoms with van der Waals surface area (Å²) in [4.78, 5) is 5.48. The first-order valence-electron chi connectivity index (χ1n) is 15.5. The SMILES string of the molecule is c1ccc2c(c1)c1ccccc1c1c2c2c3ccccc3c3ccc4c5ccccc5n5c4c3c2n1c1nc2ccccn2c15. The van der Waals surface area contributed by atoms with Crippen LogP contribution in [0.3, 0.4) is 0 Å². The highest BCUT2D eigenvalue weighted by Crippen LogP contribution is 2.49. The minimum absolute atomic E-state index is 0.935. The molecule has 0 saturated heterocycles. The van der Waals surface area contributed by atoms with E-state index < -0.39 is 0 Å². The summed E-state index contributed by atoms with van der Waals surface area (Å²) >= 11 is 0. The molecule has 5 aromatic heterocycles. The third-order valence-electron chi connectivity index (χ3n) is 10.3. The zero-order chi connectivity index (χ0) is 29.0. The molecule has 0 saturated carbocycles. The van der Waals surface area contributed by atoms with Crippen molar-refractivity contribution in [3.63, 3.8) is 0 Å². The maximum Gasteiger partial charge on any atom is 0.182 e. The van der Waals surface area contributed by atoms with Gasteiger partial charge in [0.15, 0.2) is 11.3 Å². The van der Waals surface area contributed by atoms with Gasteiger partial charge in [0, 0.05) is 38.5 Å². The molecule has 0 aliphatic rings. The number of rotatable bonds is 0. The van der Waals surface area contributed by atoms with Gasteiger partial charge in [0.1, 0.15) is 5.65 Å². The topological polar surface area (TPSA) is 26.1 Å². The molecule has 0 aliphatic heterocycles. The molecule has 0 spiro atoms. The Morgan fingerprint density at radius 3 is 1.67 bits per heavy atom. The van der Waals surface area contributed by atoms with Gasteiger partial charge in [-0.1, -0.05) is 109 Å². The summed E-state index contributed by atoms with van der Waals surface area (Å²) < 4.78 is 7.27. The molecule has 0 atom stereocenters. The molecule has 4 heteroatoms. The van der Waals surface area contributed by atoms with Crippen molar-refractivity contribution >= 4 is 104 Å². The van der Waals surface area contributed by atoms with Gasteiger partial charge in [0.25, 0.3) is 0 Å². The molecular weight excluding hydrogens is 548 g/mol. The van der Waals surface area contributed by atoms with Crippen LogP contribution in [0.5, 0.6) is 0 Å². The van der Waals surface area contributed by atoms with E-state index in [-0.39, 0.29) is 0 Å². The highest BCUT2D eigenvalue weighted by molar-refractivity contribution is 6.43. The number of imidazole rings is 1. The first-order chi connectivity index (χ1) is 22.4. The average molecular weight is 571 g/mol. The van der Waals surface area contributed by atoms with Crippen LogP contribution in [-0.2, 0) is 0 Å². The molecule has 4 nitrogen and oxygen atoms in total. The lowest BCUT2D eigenvalue weighted by atomic mass is 9.92. The van der Waals surface area contributed by atoms with Crippen molar-refractivity contribution in [2.75, 3.05) is 0 Å². The standard InChI is InChI=1S/C41H22N4/c1-4-15-27-23(11-1)24-12-3-6-17-30(24)37-34(27)35-28-16-5-2-13-25(28)29-20-21-31-26-14-7-8-18-32(26)44-38(31)36(29)39(35)45(37)40-41(44)43-22-10-9-19-33(43)42-40/h1-22H. The minimum Gasteiger partial charge on any atom is -0.291 e. The summed E-state index contributed by atoms with van der Waals surface area (Å²) in [5.74, 6) is 0. The van der Waals surface area contributed by atoms with Crippen LogP contribution in [-0.4, -0.2) is 18.2 Å². The second-order valence-electron chi connectivity index (χ2n) is 12.3. The number of hydrogen-bond donors (Lipinski definition) is 0. The third kappa shape index (κ3) is 2.42. The fraction of sp³-hybridized carbons (Fsp3) is 0. The second-order valence-corrected chi connectivity index (χ2v) is 12.3. The van der Waals surface area contributed by atoms with Gasteiger partial charge in [-0.05, 0) is 50.5 Å². The van der Waals surface area contributed by atoms with Crippen molar-refractivity contribution in [2.45, 2.75) is 0 Å². The molecule has 12 rings (SSSR count). The molecule has 0 radical (unpaired) electrons. The number of pyridine rings is 1. The second kappa shape index (κ2) is 7.50. The number of para-hydroxylation sites is 1. The number of aromatic nitrogens is 4. The molecule has 0 bridgehead atoms. The summed E-state index contributed by atoms with van der Waals surface area (Å²) in [7, 11) is 0. The Hall–Kier alpha value is -6.13. The zero-order valence-electron chi connectivity index (χ0n) is 24.0. The Labute approximate surface area is 254 Å². The van der Waals surface area contributed by atoms with Crippen molar-refractivity contribution in [2.24, 2.45) is 0 Å². The van der Waals surface area contributed by atoms with Gasteiger partial charge in [-0.3, -0.25) is 13.2 Å². The highest BCUT2D eigenvalue weighted by atomic mass is 15.2. The van der Waals surface area contributed by atoms with E-state index in [1.54, 1.807) is 0 Å². The normalized spacial score (nSPS) is 12.9. The third-order valence-corrected chi connectivity index (χ3v) is 10.3. The summed E-state index contributed by atoms with van der Waals surface area (Å²) in [6.07, 6.45) is 2.16. The Morgan fingerprint density at radius 1 is 0.378 bits per heavy atom. The fourth-order valence-corrected chi connectivity index (χ4v) is 8.67. The first kappa shape index (κ1) is 22.4. The molecule has 0 amide bonds. The molecule has 12 aromatic rings. The van der Waals surface area contributed by atoms with E-state index in [9.17, 15) is 0 Å². The predicted molar refractivity (Wildman–Crippen MR) is 188 cm³/mol. The lowest BCUT2D eigenvalue weighted by molar-refractivity contribution is 1.16. The highest BCUT2D eigenvalue weighted by Gasteiger charge is 2.27. The molecule has 7 aromatic carbocycles. The van der Waals surface area contributed by atoms with Crippen LogP contribution in [0.25, 0.3) is 104 Å². The maximum atomic E-state index is 5.48.